The minimum absolute atomic E-state index is 0.0686. The van der Waals surface area contributed by atoms with Crippen molar-refractivity contribution in [3.63, 3.8) is 0 Å². The number of pyridine rings is 1. The molecule has 1 fully saturated rings. The van der Waals surface area contributed by atoms with E-state index in [0.717, 1.165) is 6.42 Å². The van der Waals surface area contributed by atoms with Gasteiger partial charge in [0.15, 0.2) is 11.6 Å². The second kappa shape index (κ2) is 5.92. The molecule has 1 aliphatic rings. The Balaban J connectivity index is 1.85. The van der Waals surface area contributed by atoms with Crippen LogP contribution in [0.1, 0.15) is 12.5 Å². The summed E-state index contributed by atoms with van der Waals surface area (Å²) in [5.74, 6) is -2.57. The molecule has 4 rings (SSSR count). The minimum atomic E-state index is -1.04. The highest BCUT2D eigenvalue weighted by Gasteiger charge is 2.25. The highest BCUT2D eigenvalue weighted by atomic mass is 19.1. The molecule has 25 heavy (non-hydrogen) atoms. The van der Waals surface area contributed by atoms with Crippen molar-refractivity contribution < 1.29 is 17.9 Å². The Kier molecular flexibility index (Phi) is 3.72. The molecule has 0 spiro atoms. The molecule has 0 bridgehead atoms. The molecule has 130 valence electrons. The van der Waals surface area contributed by atoms with Gasteiger partial charge in [-0.2, -0.15) is 0 Å². The molecule has 1 saturated heterocycles. The number of nitrogens with two attached hydrogens (primary N) is 1. The predicted molar refractivity (Wildman–Crippen MR) is 86.0 cm³/mol. The number of hydrogen-bond donors (Lipinski definition) is 2. The molecular weight excluding hydrogens is 335 g/mol. The summed E-state index contributed by atoms with van der Waals surface area (Å²) in [5.41, 5.74) is 6.47. The van der Waals surface area contributed by atoms with Gasteiger partial charge in [-0.05, 0) is 6.42 Å². The van der Waals surface area contributed by atoms with Crippen molar-refractivity contribution in [3.05, 3.63) is 41.8 Å². The van der Waals surface area contributed by atoms with Crippen LogP contribution in [0.2, 0.25) is 0 Å². The Bertz CT molecular complexity index is 929. The maximum Gasteiger partial charge on any atom is 0.208 e. The Morgan fingerprint density at radius 2 is 1.96 bits per heavy atom. The third-order valence-corrected chi connectivity index (χ3v) is 4.11. The van der Waals surface area contributed by atoms with E-state index in [-0.39, 0.29) is 12.0 Å². The predicted octanol–water partition coefficient (Wildman–Crippen LogP) is 3.14. The van der Waals surface area contributed by atoms with Crippen LogP contribution in [-0.2, 0) is 4.74 Å². The first-order chi connectivity index (χ1) is 12.0. The lowest BCUT2D eigenvalue weighted by Gasteiger charge is -2.16. The van der Waals surface area contributed by atoms with Gasteiger partial charge < -0.3 is 20.4 Å². The lowest BCUT2D eigenvalue weighted by Crippen LogP contribution is -2.13. The number of ether oxygens (including phenoxy) is 1. The van der Waals surface area contributed by atoms with Gasteiger partial charge in [-0.25, -0.2) is 23.1 Å². The molecule has 9 heteroatoms. The van der Waals surface area contributed by atoms with E-state index in [1.165, 1.54) is 6.20 Å². The van der Waals surface area contributed by atoms with Gasteiger partial charge in [0.05, 0.1) is 24.4 Å². The van der Waals surface area contributed by atoms with Crippen LogP contribution >= 0.6 is 0 Å². The molecule has 3 heterocycles. The summed E-state index contributed by atoms with van der Waals surface area (Å²) in [6.07, 6.45) is 2.20. The van der Waals surface area contributed by atoms with E-state index in [9.17, 15) is 13.2 Å². The fraction of sp³-hybridized carbons (Fsp3) is 0.250. The molecule has 3 aromatic rings. The van der Waals surface area contributed by atoms with Gasteiger partial charge in [0.25, 0.3) is 0 Å². The van der Waals surface area contributed by atoms with Crippen molar-refractivity contribution in [2.75, 3.05) is 24.3 Å². The van der Waals surface area contributed by atoms with Gasteiger partial charge in [0.2, 0.25) is 5.95 Å². The van der Waals surface area contributed by atoms with Crippen LogP contribution in [0.25, 0.3) is 11.0 Å². The van der Waals surface area contributed by atoms with Crippen molar-refractivity contribution in [2.24, 2.45) is 0 Å². The fourth-order valence-electron chi connectivity index (χ4n) is 2.97. The largest absolute Gasteiger partial charge is 0.384 e. The second-order valence-electron chi connectivity index (χ2n) is 5.79. The monoisotopic (exact) mass is 349 g/mol. The van der Waals surface area contributed by atoms with Gasteiger partial charge >= 0.3 is 0 Å². The summed E-state index contributed by atoms with van der Waals surface area (Å²) < 4.78 is 48.3. The summed E-state index contributed by atoms with van der Waals surface area (Å²) in [5, 5.41) is 2.63. The average Bonchev–Trinajstić information content (AvgIpc) is 3.17. The molecule has 6 nitrogen and oxygen atoms in total. The van der Waals surface area contributed by atoms with E-state index < -0.39 is 23.1 Å². The zero-order chi connectivity index (χ0) is 17.6. The quantitative estimate of drug-likeness (QED) is 0.760. The van der Waals surface area contributed by atoms with E-state index in [4.69, 9.17) is 10.5 Å². The molecular formula is C16H14F3N5O. The second-order valence-corrected chi connectivity index (χ2v) is 5.79. The van der Waals surface area contributed by atoms with Crippen molar-refractivity contribution in [3.8, 4) is 0 Å². The normalized spacial score (nSPS) is 17.3. The van der Waals surface area contributed by atoms with Crippen LogP contribution in [0.15, 0.2) is 24.4 Å². The first-order valence-corrected chi connectivity index (χ1v) is 7.65. The van der Waals surface area contributed by atoms with Crippen LogP contribution in [-0.4, -0.2) is 27.7 Å². The number of anilines is 3. The van der Waals surface area contributed by atoms with Gasteiger partial charge in [-0.1, -0.05) is 0 Å². The van der Waals surface area contributed by atoms with E-state index in [1.54, 1.807) is 10.6 Å². The van der Waals surface area contributed by atoms with Crippen molar-refractivity contribution in [1.29, 1.82) is 0 Å². The Labute approximate surface area is 140 Å². The highest BCUT2D eigenvalue weighted by Crippen LogP contribution is 2.32. The van der Waals surface area contributed by atoms with Crippen molar-refractivity contribution >= 4 is 28.5 Å². The number of aromatic nitrogens is 3. The number of hydrogen-bond acceptors (Lipinski definition) is 5. The first-order valence-electron chi connectivity index (χ1n) is 7.65. The Hall–Kier alpha value is -2.81. The molecule has 0 saturated carbocycles. The maximum atomic E-state index is 14.0. The molecule has 1 aliphatic heterocycles. The molecule has 3 N–H and O–H groups in total. The Morgan fingerprint density at radius 1 is 1.20 bits per heavy atom. The van der Waals surface area contributed by atoms with Crippen molar-refractivity contribution in [2.45, 2.75) is 12.5 Å². The van der Waals surface area contributed by atoms with Crippen LogP contribution in [0.5, 0.6) is 0 Å². The topological polar surface area (TPSA) is 78.0 Å². The molecule has 1 aromatic carbocycles. The van der Waals surface area contributed by atoms with Crippen LogP contribution in [0, 0.1) is 17.5 Å². The van der Waals surface area contributed by atoms with Gasteiger partial charge in [0, 0.05) is 24.8 Å². The van der Waals surface area contributed by atoms with Gasteiger partial charge in [-0.3, -0.25) is 0 Å². The van der Waals surface area contributed by atoms with Gasteiger partial charge in [0.1, 0.15) is 22.8 Å². The first kappa shape index (κ1) is 15.7. The summed E-state index contributed by atoms with van der Waals surface area (Å²) in [6.45, 7) is 1.01. The minimum Gasteiger partial charge on any atom is -0.384 e. The number of imidazole rings is 1. The fourth-order valence-corrected chi connectivity index (χ4v) is 2.97. The molecule has 0 radical (unpaired) electrons. The lowest BCUT2D eigenvalue weighted by atomic mass is 10.2. The van der Waals surface area contributed by atoms with Crippen molar-refractivity contribution in [1.82, 2.24) is 14.5 Å². The van der Waals surface area contributed by atoms with E-state index in [0.29, 0.717) is 42.2 Å². The zero-order valence-corrected chi connectivity index (χ0v) is 13.0. The summed E-state index contributed by atoms with van der Waals surface area (Å²) in [6, 6.07) is 2.79. The summed E-state index contributed by atoms with van der Waals surface area (Å²) in [7, 11) is 0. The van der Waals surface area contributed by atoms with E-state index in [2.05, 4.69) is 15.3 Å². The molecule has 0 unspecified atom stereocenters. The standard InChI is InChI=1S/C16H14F3N5O/c17-8-3-10(18)15(11(19)4-8)23-16-22-12-6-21-14(20)5-13(12)24(16)9-1-2-25-7-9/h3-6,9H,1-2,7H2,(H2,20,21)(H,22,23)/t9-/m0/s1. The number of fused-ring (bicyclic) bond motifs is 1. The van der Waals surface area contributed by atoms with Crippen LogP contribution < -0.4 is 11.1 Å². The van der Waals surface area contributed by atoms with Crippen LogP contribution in [0.4, 0.5) is 30.6 Å². The molecule has 0 aliphatic carbocycles. The third kappa shape index (κ3) is 2.76. The smallest absolute Gasteiger partial charge is 0.208 e. The highest BCUT2D eigenvalue weighted by molar-refractivity contribution is 5.81. The molecule has 2 aromatic heterocycles. The third-order valence-electron chi connectivity index (χ3n) is 4.11. The van der Waals surface area contributed by atoms with E-state index >= 15 is 0 Å². The molecule has 0 amide bonds. The number of nitrogens with one attached hydrogen (secondary N) is 1. The van der Waals surface area contributed by atoms with Gasteiger partial charge in [-0.15, -0.1) is 0 Å². The SMILES string of the molecule is Nc1cc2c(cn1)nc(Nc1c(F)cc(F)cc1F)n2[C@H]1CCOC1. The lowest BCUT2D eigenvalue weighted by molar-refractivity contribution is 0.187. The summed E-state index contributed by atoms with van der Waals surface area (Å²) in [4.78, 5) is 8.34. The summed E-state index contributed by atoms with van der Waals surface area (Å²) >= 11 is 0. The zero-order valence-electron chi connectivity index (χ0n) is 13.0. The molecule has 1 atom stereocenters. The number of nitrogen functional groups attached to an aromatic ring is 1. The number of halogens is 3. The average molecular weight is 349 g/mol. The van der Waals surface area contributed by atoms with E-state index in [1.807, 2.05) is 0 Å². The Morgan fingerprint density at radius 3 is 2.64 bits per heavy atom. The number of benzene rings is 1. The number of nitrogens with zero attached hydrogens (tertiary/aromatic N) is 3. The maximum absolute atomic E-state index is 14.0. The number of rotatable bonds is 3. The van der Waals surface area contributed by atoms with Crippen LogP contribution in [0.3, 0.4) is 0 Å².